The third-order valence-corrected chi connectivity index (χ3v) is 4.57. The number of fused-ring (bicyclic) bond motifs is 3. The lowest BCUT2D eigenvalue weighted by Gasteiger charge is -2.08. The van der Waals surface area contributed by atoms with E-state index in [2.05, 4.69) is 4.98 Å². The summed E-state index contributed by atoms with van der Waals surface area (Å²) in [6, 6.07) is 15.2. The fourth-order valence-electron chi connectivity index (χ4n) is 3.43. The van der Waals surface area contributed by atoms with Gasteiger partial charge in [-0.3, -0.25) is 9.78 Å². The summed E-state index contributed by atoms with van der Waals surface area (Å²) in [5, 5.41) is 10.2. The number of ether oxygens (including phenoxy) is 1. The molecule has 0 atom stereocenters. The molecule has 0 bridgehead atoms. The first-order valence-electron chi connectivity index (χ1n) is 8.63. The van der Waals surface area contributed by atoms with Gasteiger partial charge >= 0.3 is 5.97 Å². The van der Waals surface area contributed by atoms with Crippen LogP contribution in [0.3, 0.4) is 0 Å². The summed E-state index contributed by atoms with van der Waals surface area (Å²) in [5.41, 5.74) is 8.55. The Balaban J connectivity index is 0.00000240. The number of halogens is 1. The van der Waals surface area contributed by atoms with E-state index in [-0.39, 0.29) is 12.4 Å². The summed E-state index contributed by atoms with van der Waals surface area (Å²) >= 11 is 0. The van der Waals surface area contributed by atoms with Crippen LogP contribution in [0.15, 0.2) is 60.9 Å². The average molecular weight is 412 g/mol. The number of benzene rings is 2. The fraction of sp³-hybridized carbons (Fsp3) is 0.0952. The molecule has 29 heavy (non-hydrogen) atoms. The van der Waals surface area contributed by atoms with Crippen molar-refractivity contribution in [1.29, 1.82) is 0 Å². The van der Waals surface area contributed by atoms with Gasteiger partial charge in [0.2, 0.25) is 5.91 Å². The van der Waals surface area contributed by atoms with Crippen molar-refractivity contribution < 1.29 is 19.4 Å². The van der Waals surface area contributed by atoms with Crippen LogP contribution >= 0.6 is 12.4 Å². The summed E-state index contributed by atoms with van der Waals surface area (Å²) in [7, 11) is 0. The van der Waals surface area contributed by atoms with E-state index in [1.54, 1.807) is 18.3 Å². The monoisotopic (exact) mass is 411 g/mol. The van der Waals surface area contributed by atoms with E-state index >= 15 is 0 Å². The van der Waals surface area contributed by atoms with E-state index in [9.17, 15) is 9.59 Å². The number of aliphatic carboxylic acids is 1. The third kappa shape index (κ3) is 3.72. The molecule has 0 unspecified atom stereocenters. The van der Waals surface area contributed by atoms with Crippen LogP contribution in [0.4, 0.5) is 0 Å². The van der Waals surface area contributed by atoms with Gasteiger partial charge in [0, 0.05) is 17.5 Å². The molecule has 8 heteroatoms. The van der Waals surface area contributed by atoms with Gasteiger partial charge in [-0.1, -0.05) is 36.4 Å². The van der Waals surface area contributed by atoms with Crippen LogP contribution in [0.1, 0.15) is 15.9 Å². The molecule has 3 N–H and O–H groups in total. The van der Waals surface area contributed by atoms with Gasteiger partial charge in [-0.05, 0) is 17.7 Å². The van der Waals surface area contributed by atoms with Crippen molar-refractivity contribution in [2.24, 2.45) is 5.73 Å². The van der Waals surface area contributed by atoms with E-state index in [1.165, 1.54) is 6.20 Å². The van der Waals surface area contributed by atoms with Gasteiger partial charge < -0.3 is 20.1 Å². The predicted octanol–water partition coefficient (Wildman–Crippen LogP) is 3.22. The number of rotatable bonds is 6. The molecule has 2 aromatic carbocycles. The maximum absolute atomic E-state index is 12.1. The Kier molecular flexibility index (Phi) is 5.70. The van der Waals surface area contributed by atoms with Gasteiger partial charge in [0.25, 0.3) is 0 Å². The number of carbonyl (C=O) groups excluding carboxylic acids is 1. The van der Waals surface area contributed by atoms with E-state index in [4.69, 9.17) is 15.6 Å². The van der Waals surface area contributed by atoms with E-state index in [0.717, 1.165) is 16.6 Å². The van der Waals surface area contributed by atoms with Crippen LogP contribution in [-0.2, 0) is 11.3 Å². The zero-order valence-corrected chi connectivity index (χ0v) is 16.1. The Labute approximate surface area is 172 Å². The highest BCUT2D eigenvalue weighted by Crippen LogP contribution is 2.37. The predicted molar refractivity (Wildman–Crippen MR) is 112 cm³/mol. The Bertz CT molecular complexity index is 1200. The van der Waals surface area contributed by atoms with Gasteiger partial charge in [0.15, 0.2) is 6.61 Å². The zero-order valence-electron chi connectivity index (χ0n) is 15.2. The van der Waals surface area contributed by atoms with Crippen molar-refractivity contribution in [2.75, 3.05) is 6.61 Å². The number of hydrogen-bond acceptors (Lipinski definition) is 4. The maximum atomic E-state index is 12.1. The highest BCUT2D eigenvalue weighted by Gasteiger charge is 2.20. The molecule has 0 saturated heterocycles. The Morgan fingerprint density at radius 3 is 2.45 bits per heavy atom. The third-order valence-electron chi connectivity index (χ3n) is 4.57. The largest absolute Gasteiger partial charge is 0.480 e. The molecular weight excluding hydrogens is 394 g/mol. The fourth-order valence-corrected chi connectivity index (χ4v) is 3.43. The smallest absolute Gasteiger partial charge is 0.341 e. The molecule has 0 fully saturated rings. The summed E-state index contributed by atoms with van der Waals surface area (Å²) < 4.78 is 7.48. The Hall–Kier alpha value is -3.58. The number of primary amides is 1. The number of aromatic nitrogens is 2. The number of hydrogen-bond donors (Lipinski definition) is 2. The number of carbonyl (C=O) groups is 2. The lowest BCUT2D eigenvalue weighted by Crippen LogP contribution is -2.11. The van der Waals surface area contributed by atoms with Crippen molar-refractivity contribution in [1.82, 2.24) is 9.55 Å². The highest BCUT2D eigenvalue weighted by atomic mass is 35.5. The Morgan fingerprint density at radius 1 is 1.00 bits per heavy atom. The van der Waals surface area contributed by atoms with Gasteiger partial charge in [-0.15, -0.1) is 12.4 Å². The first-order chi connectivity index (χ1) is 13.6. The minimum atomic E-state index is -1.10. The molecule has 0 aliphatic carbocycles. The van der Waals surface area contributed by atoms with Crippen LogP contribution in [-0.4, -0.2) is 33.1 Å². The summed E-state index contributed by atoms with van der Waals surface area (Å²) in [5.74, 6) is -1.36. The second-order valence-corrected chi connectivity index (χ2v) is 6.35. The van der Waals surface area contributed by atoms with Crippen molar-refractivity contribution in [3.8, 4) is 5.75 Å². The summed E-state index contributed by atoms with van der Waals surface area (Å²) in [6.07, 6.45) is 3.13. The zero-order chi connectivity index (χ0) is 19.7. The summed E-state index contributed by atoms with van der Waals surface area (Å²) in [6.45, 7) is 0.0397. The lowest BCUT2D eigenvalue weighted by molar-refractivity contribution is -0.139. The molecule has 7 nitrogen and oxygen atoms in total. The minimum Gasteiger partial charge on any atom is -0.480 e. The first-order valence-corrected chi connectivity index (χ1v) is 8.63. The number of amides is 1. The molecule has 1 amide bonds. The molecule has 0 radical (unpaired) electrons. The Morgan fingerprint density at radius 2 is 1.76 bits per heavy atom. The van der Waals surface area contributed by atoms with E-state index in [0.29, 0.717) is 28.6 Å². The van der Waals surface area contributed by atoms with Crippen molar-refractivity contribution in [2.45, 2.75) is 6.54 Å². The molecule has 0 aliphatic heterocycles. The molecule has 0 spiro atoms. The molecule has 2 heterocycles. The standard InChI is InChI=1S/C21H17N3O4.ClH/c22-21(27)14-7-4-8-15-19(14)20-16(9-23-10-17(20)28-12-18(25)26)24(15)11-13-5-2-1-3-6-13;/h1-10H,11-12H2,(H2,22,27)(H,25,26);1H. The second kappa shape index (κ2) is 8.20. The topological polar surface area (TPSA) is 107 Å². The number of pyridine rings is 1. The van der Waals surface area contributed by atoms with Gasteiger partial charge in [-0.25, -0.2) is 4.79 Å². The molecule has 4 rings (SSSR count). The quantitative estimate of drug-likeness (QED) is 0.506. The van der Waals surface area contributed by atoms with Gasteiger partial charge in [0.1, 0.15) is 5.75 Å². The van der Waals surface area contributed by atoms with Crippen LogP contribution in [0.2, 0.25) is 0 Å². The molecule has 0 saturated carbocycles. The average Bonchev–Trinajstić information content (AvgIpc) is 3.01. The molecule has 2 aromatic heterocycles. The van der Waals surface area contributed by atoms with E-state index < -0.39 is 18.5 Å². The molecule has 4 aromatic rings. The van der Waals surface area contributed by atoms with Crippen molar-refractivity contribution in [3.05, 3.63) is 72.1 Å². The van der Waals surface area contributed by atoms with Gasteiger partial charge in [0.05, 0.1) is 28.8 Å². The van der Waals surface area contributed by atoms with Crippen LogP contribution in [0.25, 0.3) is 21.8 Å². The molecule has 148 valence electrons. The number of nitrogens with two attached hydrogens (primary N) is 1. The van der Waals surface area contributed by atoms with E-state index in [1.807, 2.05) is 41.0 Å². The number of carboxylic acid groups (broad SMARTS) is 1. The van der Waals surface area contributed by atoms with Crippen LogP contribution < -0.4 is 10.5 Å². The van der Waals surface area contributed by atoms with Crippen LogP contribution in [0.5, 0.6) is 5.75 Å². The SMILES string of the molecule is Cl.NC(=O)c1cccc2c1c1c(OCC(=O)O)cncc1n2Cc1ccccc1. The summed E-state index contributed by atoms with van der Waals surface area (Å²) in [4.78, 5) is 27.2. The molecular formula is C21H18ClN3O4. The van der Waals surface area contributed by atoms with Crippen LogP contribution in [0, 0.1) is 0 Å². The van der Waals surface area contributed by atoms with Crippen molar-refractivity contribution in [3.63, 3.8) is 0 Å². The van der Waals surface area contributed by atoms with Crippen molar-refractivity contribution >= 4 is 46.1 Å². The number of nitrogens with zero attached hydrogens (tertiary/aromatic N) is 2. The first kappa shape index (κ1) is 20.2. The minimum absolute atomic E-state index is 0. The molecule has 0 aliphatic rings. The second-order valence-electron chi connectivity index (χ2n) is 6.35. The number of carboxylic acids is 1. The maximum Gasteiger partial charge on any atom is 0.341 e. The highest BCUT2D eigenvalue weighted by molar-refractivity contribution is 6.19. The lowest BCUT2D eigenvalue weighted by atomic mass is 10.1. The normalized spacial score (nSPS) is 10.6. The van der Waals surface area contributed by atoms with Gasteiger partial charge in [-0.2, -0.15) is 0 Å².